The molecule has 0 N–H and O–H groups in total. The van der Waals surface area contributed by atoms with Crippen molar-refractivity contribution in [1.29, 1.82) is 0 Å². The number of ether oxygens (including phenoxy) is 1. The van der Waals surface area contributed by atoms with Gasteiger partial charge in [-0.2, -0.15) is 5.10 Å². The van der Waals surface area contributed by atoms with Crippen molar-refractivity contribution >= 4 is 23.4 Å². The van der Waals surface area contributed by atoms with Crippen molar-refractivity contribution in [1.82, 2.24) is 9.78 Å². The van der Waals surface area contributed by atoms with Gasteiger partial charge in [-0.1, -0.05) is 6.07 Å². The van der Waals surface area contributed by atoms with Crippen molar-refractivity contribution in [3.8, 4) is 11.1 Å². The molecule has 0 spiro atoms. The Morgan fingerprint density at radius 3 is 2.55 bits per heavy atom. The fourth-order valence-corrected chi connectivity index (χ4v) is 4.06. The Morgan fingerprint density at radius 2 is 1.93 bits per heavy atom. The molecule has 1 fully saturated rings. The zero-order valence-corrected chi connectivity index (χ0v) is 17.5. The van der Waals surface area contributed by atoms with Crippen LogP contribution in [-0.2, 0) is 9.53 Å². The van der Waals surface area contributed by atoms with Gasteiger partial charge < -0.3 is 9.64 Å². The summed E-state index contributed by atoms with van der Waals surface area (Å²) in [5.74, 6) is -0.0406. The molecule has 1 aliphatic carbocycles. The summed E-state index contributed by atoms with van der Waals surface area (Å²) in [6.07, 6.45) is 6.93. The number of carbonyl (C=O) groups is 2. The minimum absolute atomic E-state index is 0.0406. The first kappa shape index (κ1) is 19.5. The lowest BCUT2D eigenvalue weighted by molar-refractivity contribution is -0.117. The molecule has 7 nitrogen and oxygen atoms in total. The number of rotatable bonds is 3. The number of nitrogens with zero attached hydrogens (tertiary/aromatic N) is 4. The van der Waals surface area contributed by atoms with Gasteiger partial charge in [0.15, 0.2) is 0 Å². The molecule has 1 aromatic carbocycles. The normalized spacial score (nSPS) is 19.1. The zero-order chi connectivity index (χ0) is 20.7. The van der Waals surface area contributed by atoms with Crippen LogP contribution in [0.1, 0.15) is 53.0 Å². The van der Waals surface area contributed by atoms with Gasteiger partial charge in [-0.05, 0) is 57.7 Å². The Bertz CT molecular complexity index is 932. The van der Waals surface area contributed by atoms with Crippen LogP contribution >= 0.6 is 0 Å². The second kappa shape index (κ2) is 7.54. The Morgan fingerprint density at radius 1 is 1.17 bits per heavy atom. The van der Waals surface area contributed by atoms with Crippen molar-refractivity contribution in [3.05, 3.63) is 30.6 Å². The number of anilines is 2. The average Bonchev–Trinajstić information content (AvgIpc) is 3.07. The maximum Gasteiger partial charge on any atom is 0.414 e. The van der Waals surface area contributed by atoms with Crippen molar-refractivity contribution < 1.29 is 14.3 Å². The van der Waals surface area contributed by atoms with E-state index in [0.717, 1.165) is 16.8 Å². The predicted octanol–water partition coefficient (Wildman–Crippen LogP) is 4.38. The van der Waals surface area contributed by atoms with E-state index < -0.39 is 6.09 Å². The minimum atomic E-state index is -0.390. The third-order valence-electron chi connectivity index (χ3n) is 5.69. The van der Waals surface area contributed by atoms with Crippen LogP contribution < -0.4 is 9.80 Å². The highest BCUT2D eigenvalue weighted by molar-refractivity contribution is 6.03. The molecule has 2 heterocycles. The Balaban J connectivity index is 1.73. The topological polar surface area (TPSA) is 67.7 Å². The molecule has 0 bridgehead atoms. The Hall–Kier alpha value is -2.83. The number of benzene rings is 1. The van der Waals surface area contributed by atoms with E-state index in [4.69, 9.17) is 4.74 Å². The van der Waals surface area contributed by atoms with Crippen molar-refractivity contribution in [2.75, 3.05) is 16.3 Å². The lowest BCUT2D eigenvalue weighted by Crippen LogP contribution is -2.51. The highest BCUT2D eigenvalue weighted by atomic mass is 16.6. The summed E-state index contributed by atoms with van der Waals surface area (Å²) in [6, 6.07) is 6.22. The van der Waals surface area contributed by atoms with Crippen LogP contribution in [0.4, 0.5) is 16.2 Å². The second-order valence-corrected chi connectivity index (χ2v) is 8.28. The molecule has 7 heteroatoms. The van der Waals surface area contributed by atoms with Gasteiger partial charge >= 0.3 is 6.09 Å². The number of amides is 2. The number of fused-ring (bicyclic) bond motifs is 1. The molecule has 0 unspecified atom stereocenters. The second-order valence-electron chi connectivity index (χ2n) is 8.28. The van der Waals surface area contributed by atoms with Gasteiger partial charge in [0.1, 0.15) is 0 Å². The van der Waals surface area contributed by atoms with E-state index in [-0.39, 0.29) is 18.1 Å². The number of hydrogen-bond donors (Lipinski definition) is 0. The lowest BCUT2D eigenvalue weighted by atomic mass is 9.93. The molecule has 1 atom stereocenters. The fraction of sp³-hybridized carbons (Fsp3) is 0.500. The smallest absolute Gasteiger partial charge is 0.414 e. The summed E-state index contributed by atoms with van der Waals surface area (Å²) in [5.41, 5.74) is 3.39. The van der Waals surface area contributed by atoms with Gasteiger partial charge in [0.25, 0.3) is 0 Å². The summed E-state index contributed by atoms with van der Waals surface area (Å²) < 4.78 is 7.50. The van der Waals surface area contributed by atoms with Gasteiger partial charge in [-0.3, -0.25) is 14.4 Å². The molecular weight excluding hydrogens is 368 g/mol. The highest BCUT2D eigenvalue weighted by Crippen LogP contribution is 2.40. The molecule has 2 aliphatic rings. The summed E-state index contributed by atoms with van der Waals surface area (Å²) in [5, 5.41) is 4.52. The highest BCUT2D eigenvalue weighted by Gasteiger charge is 2.35. The van der Waals surface area contributed by atoms with Crippen LogP contribution in [0.2, 0.25) is 0 Å². The van der Waals surface area contributed by atoms with E-state index in [0.29, 0.717) is 18.3 Å². The first-order valence-corrected chi connectivity index (χ1v) is 10.3. The van der Waals surface area contributed by atoms with Crippen LogP contribution in [0.3, 0.4) is 0 Å². The Labute approximate surface area is 171 Å². The SMILES string of the molecule is CC(=O)N1c2ccc(-c3cnn(C4CCC4)c3)cc2N(C(=O)OC(C)C)C[C@@H]1C. The molecule has 1 saturated carbocycles. The third-order valence-corrected chi connectivity index (χ3v) is 5.69. The number of carbonyl (C=O) groups excluding carboxylic acids is 2. The lowest BCUT2D eigenvalue weighted by Gasteiger charge is -2.40. The van der Waals surface area contributed by atoms with Gasteiger partial charge in [0.2, 0.25) is 5.91 Å². The summed E-state index contributed by atoms with van der Waals surface area (Å²) in [4.78, 5) is 28.4. The molecule has 29 heavy (non-hydrogen) atoms. The van der Waals surface area contributed by atoms with E-state index in [9.17, 15) is 9.59 Å². The molecule has 1 aromatic heterocycles. The quantitative estimate of drug-likeness (QED) is 0.772. The van der Waals surface area contributed by atoms with E-state index in [1.807, 2.05) is 49.8 Å². The predicted molar refractivity (Wildman–Crippen MR) is 112 cm³/mol. The first-order chi connectivity index (χ1) is 13.8. The number of aromatic nitrogens is 2. The molecular formula is C22H28N4O3. The van der Waals surface area contributed by atoms with E-state index in [1.165, 1.54) is 19.3 Å². The fourth-order valence-electron chi connectivity index (χ4n) is 4.06. The first-order valence-electron chi connectivity index (χ1n) is 10.3. The van der Waals surface area contributed by atoms with Gasteiger partial charge in [0.05, 0.1) is 35.8 Å². The monoisotopic (exact) mass is 396 g/mol. The van der Waals surface area contributed by atoms with Crippen molar-refractivity contribution in [3.63, 3.8) is 0 Å². The molecule has 2 amide bonds. The van der Waals surface area contributed by atoms with Gasteiger partial charge in [-0.25, -0.2) is 4.79 Å². The zero-order valence-electron chi connectivity index (χ0n) is 17.5. The van der Waals surface area contributed by atoms with Crippen LogP contribution in [0.25, 0.3) is 11.1 Å². The maximum absolute atomic E-state index is 12.8. The Kier molecular flexibility index (Phi) is 5.06. The summed E-state index contributed by atoms with van der Waals surface area (Å²) in [6.45, 7) is 7.55. The van der Waals surface area contributed by atoms with Crippen LogP contribution in [0, 0.1) is 0 Å². The van der Waals surface area contributed by atoms with Crippen molar-refractivity contribution in [2.45, 2.75) is 65.1 Å². The molecule has 154 valence electrons. The van der Waals surface area contributed by atoms with Crippen LogP contribution in [0.5, 0.6) is 0 Å². The average molecular weight is 396 g/mol. The summed E-state index contributed by atoms with van der Waals surface area (Å²) >= 11 is 0. The molecule has 0 radical (unpaired) electrons. The number of hydrogen-bond acceptors (Lipinski definition) is 4. The van der Waals surface area contributed by atoms with Crippen LogP contribution in [-0.4, -0.2) is 40.5 Å². The third kappa shape index (κ3) is 3.61. The van der Waals surface area contributed by atoms with E-state index in [2.05, 4.69) is 11.3 Å². The van der Waals surface area contributed by atoms with Crippen LogP contribution in [0.15, 0.2) is 30.6 Å². The standard InChI is InChI=1S/C22H28N4O3/c1-14(2)29-22(28)24-12-15(3)26(16(4)27)20-9-8-17(10-21(20)24)18-11-23-25(13-18)19-6-5-7-19/h8-11,13-15,19H,5-7,12H2,1-4H3/t15-/m0/s1. The van der Waals surface area contributed by atoms with Crippen molar-refractivity contribution in [2.24, 2.45) is 0 Å². The molecule has 1 aliphatic heterocycles. The molecule has 4 rings (SSSR count). The van der Waals surface area contributed by atoms with E-state index >= 15 is 0 Å². The molecule has 2 aromatic rings. The maximum atomic E-state index is 12.8. The van der Waals surface area contributed by atoms with Gasteiger partial charge in [0, 0.05) is 25.2 Å². The van der Waals surface area contributed by atoms with E-state index in [1.54, 1.807) is 16.7 Å². The van der Waals surface area contributed by atoms with Gasteiger partial charge in [-0.15, -0.1) is 0 Å². The minimum Gasteiger partial charge on any atom is -0.446 e. The molecule has 0 saturated heterocycles. The summed E-state index contributed by atoms with van der Waals surface area (Å²) in [7, 11) is 0. The largest absolute Gasteiger partial charge is 0.446 e.